The van der Waals surface area contributed by atoms with Gasteiger partial charge in [-0.3, -0.25) is 4.79 Å². The number of ether oxygens (including phenoxy) is 1. The molecule has 1 N–H and O–H groups in total. The molecule has 19 heavy (non-hydrogen) atoms. The molecule has 3 heteroatoms. The Hall–Kier alpha value is -0.570. The lowest BCUT2D eigenvalue weighted by Gasteiger charge is -2.31. The van der Waals surface area contributed by atoms with Gasteiger partial charge >= 0.3 is 5.97 Å². The van der Waals surface area contributed by atoms with Crippen molar-refractivity contribution in [3.8, 4) is 0 Å². The summed E-state index contributed by atoms with van der Waals surface area (Å²) in [5.41, 5.74) is -0.408. The first-order valence-corrected chi connectivity index (χ1v) is 8.10. The van der Waals surface area contributed by atoms with Crippen LogP contribution in [-0.2, 0) is 9.53 Å². The fourth-order valence-corrected chi connectivity index (χ4v) is 3.20. The lowest BCUT2D eigenvalue weighted by atomic mass is 9.88. The molecule has 0 bridgehead atoms. The molecule has 1 saturated carbocycles. The predicted molar refractivity (Wildman–Crippen MR) is 79.1 cm³/mol. The van der Waals surface area contributed by atoms with Crippen LogP contribution in [0.1, 0.15) is 72.1 Å². The Labute approximate surface area is 118 Å². The molecular weight excluding hydrogens is 238 g/mol. The van der Waals surface area contributed by atoms with Gasteiger partial charge in [-0.05, 0) is 45.1 Å². The normalized spacial score (nSPS) is 27.8. The van der Waals surface area contributed by atoms with Crippen LogP contribution in [0.5, 0.6) is 0 Å². The van der Waals surface area contributed by atoms with E-state index >= 15 is 0 Å². The number of carbonyl (C=O) groups is 1. The van der Waals surface area contributed by atoms with E-state index < -0.39 is 5.54 Å². The Balaban J connectivity index is 2.70. The highest BCUT2D eigenvalue weighted by Crippen LogP contribution is 2.33. The van der Waals surface area contributed by atoms with Gasteiger partial charge in [0.05, 0.1) is 6.61 Å². The number of hydrogen-bond donors (Lipinski definition) is 1. The average molecular weight is 269 g/mol. The average Bonchev–Trinajstić information content (AvgIpc) is 2.61. The number of carbonyl (C=O) groups excluding carboxylic acids is 1. The third-order valence-electron chi connectivity index (χ3n) is 4.27. The Bertz CT molecular complexity index is 267. The van der Waals surface area contributed by atoms with Crippen molar-refractivity contribution in [3.63, 3.8) is 0 Å². The molecule has 0 aromatic rings. The molecule has 0 aromatic heterocycles. The highest BCUT2D eigenvalue weighted by molar-refractivity contribution is 5.80. The van der Waals surface area contributed by atoms with E-state index in [4.69, 9.17) is 4.74 Å². The second-order valence-corrected chi connectivity index (χ2v) is 5.81. The van der Waals surface area contributed by atoms with Crippen molar-refractivity contribution in [1.82, 2.24) is 5.32 Å². The molecule has 1 aliphatic carbocycles. The van der Waals surface area contributed by atoms with Crippen LogP contribution in [0, 0.1) is 5.92 Å². The van der Waals surface area contributed by atoms with Crippen LogP contribution in [0.25, 0.3) is 0 Å². The van der Waals surface area contributed by atoms with E-state index in [-0.39, 0.29) is 5.97 Å². The van der Waals surface area contributed by atoms with E-state index in [9.17, 15) is 4.79 Å². The van der Waals surface area contributed by atoms with Gasteiger partial charge in [0.1, 0.15) is 5.54 Å². The fraction of sp³-hybridized carbons (Fsp3) is 0.938. The van der Waals surface area contributed by atoms with Crippen molar-refractivity contribution in [1.29, 1.82) is 0 Å². The first kappa shape index (κ1) is 16.5. The molecule has 0 aromatic carbocycles. The molecule has 3 nitrogen and oxygen atoms in total. The smallest absolute Gasteiger partial charge is 0.326 e. The Morgan fingerprint density at radius 2 is 2.00 bits per heavy atom. The Morgan fingerprint density at radius 3 is 2.63 bits per heavy atom. The topological polar surface area (TPSA) is 38.3 Å². The van der Waals surface area contributed by atoms with Crippen molar-refractivity contribution >= 4 is 5.97 Å². The molecule has 0 saturated heterocycles. The van der Waals surface area contributed by atoms with Gasteiger partial charge in [-0.15, -0.1) is 0 Å². The maximum absolute atomic E-state index is 12.4. The highest BCUT2D eigenvalue weighted by Gasteiger charge is 2.40. The van der Waals surface area contributed by atoms with Crippen molar-refractivity contribution in [3.05, 3.63) is 0 Å². The quantitative estimate of drug-likeness (QED) is 0.566. The van der Waals surface area contributed by atoms with Crippen LogP contribution < -0.4 is 5.32 Å². The van der Waals surface area contributed by atoms with Crippen LogP contribution in [0.2, 0.25) is 0 Å². The molecule has 0 spiro atoms. The minimum Gasteiger partial charge on any atom is -0.465 e. The lowest BCUT2D eigenvalue weighted by molar-refractivity contribution is -0.152. The van der Waals surface area contributed by atoms with Crippen LogP contribution in [-0.4, -0.2) is 24.7 Å². The summed E-state index contributed by atoms with van der Waals surface area (Å²) in [5.74, 6) is 0.769. The molecule has 0 radical (unpaired) electrons. The zero-order valence-electron chi connectivity index (χ0n) is 13.0. The maximum atomic E-state index is 12.4. The largest absolute Gasteiger partial charge is 0.465 e. The van der Waals surface area contributed by atoms with Crippen molar-refractivity contribution in [2.75, 3.05) is 13.2 Å². The van der Waals surface area contributed by atoms with Gasteiger partial charge in [-0.2, -0.15) is 0 Å². The Kier molecular flexibility index (Phi) is 7.44. The van der Waals surface area contributed by atoms with Gasteiger partial charge in [-0.25, -0.2) is 0 Å². The molecule has 0 heterocycles. The lowest BCUT2D eigenvalue weighted by Crippen LogP contribution is -2.53. The summed E-state index contributed by atoms with van der Waals surface area (Å²) in [6, 6.07) is 0. The first-order chi connectivity index (χ1) is 9.18. The zero-order valence-corrected chi connectivity index (χ0v) is 13.0. The number of nitrogens with one attached hydrogen (secondary N) is 1. The Morgan fingerprint density at radius 1 is 1.21 bits per heavy atom. The number of hydrogen-bond acceptors (Lipinski definition) is 3. The summed E-state index contributed by atoms with van der Waals surface area (Å²) in [4.78, 5) is 12.4. The van der Waals surface area contributed by atoms with Crippen molar-refractivity contribution < 1.29 is 9.53 Å². The molecule has 1 fully saturated rings. The second kappa shape index (κ2) is 8.57. The van der Waals surface area contributed by atoms with E-state index in [2.05, 4.69) is 19.2 Å². The third-order valence-corrected chi connectivity index (χ3v) is 4.27. The predicted octanol–water partition coefficient (Wildman–Crippen LogP) is 3.67. The summed E-state index contributed by atoms with van der Waals surface area (Å²) in [5, 5.41) is 3.50. The second-order valence-electron chi connectivity index (χ2n) is 5.81. The number of esters is 1. The van der Waals surface area contributed by atoms with Gasteiger partial charge in [0, 0.05) is 0 Å². The molecule has 1 rings (SSSR count). The van der Waals surface area contributed by atoms with Gasteiger partial charge in [0.25, 0.3) is 0 Å². The zero-order chi connectivity index (χ0) is 14.1. The summed E-state index contributed by atoms with van der Waals surface area (Å²) < 4.78 is 5.33. The van der Waals surface area contributed by atoms with Gasteiger partial charge < -0.3 is 10.1 Å². The van der Waals surface area contributed by atoms with Crippen molar-refractivity contribution in [2.45, 2.75) is 77.7 Å². The van der Waals surface area contributed by atoms with E-state index in [1.54, 1.807) is 0 Å². The molecule has 2 unspecified atom stereocenters. The third kappa shape index (κ3) is 4.79. The molecular formula is C16H31NO2. The van der Waals surface area contributed by atoms with E-state index in [1.807, 2.05) is 6.92 Å². The summed E-state index contributed by atoms with van der Waals surface area (Å²) in [6.07, 6.45) is 9.04. The standard InChI is InChI=1S/C16H31NO2/c1-4-8-14-9-7-11-16(12-10-14,17-13-5-2)15(18)19-6-3/h14,17H,4-13H2,1-3H3. The molecule has 2 atom stereocenters. The monoisotopic (exact) mass is 269 g/mol. The summed E-state index contributed by atoms with van der Waals surface area (Å²) in [6.45, 7) is 7.66. The highest BCUT2D eigenvalue weighted by atomic mass is 16.5. The fourth-order valence-electron chi connectivity index (χ4n) is 3.20. The van der Waals surface area contributed by atoms with Crippen LogP contribution in [0.3, 0.4) is 0 Å². The SMILES string of the molecule is CCCNC1(C(=O)OCC)CCCC(CCC)CC1. The van der Waals surface area contributed by atoms with Crippen LogP contribution in [0.15, 0.2) is 0 Å². The molecule has 0 amide bonds. The van der Waals surface area contributed by atoms with E-state index in [0.717, 1.165) is 44.6 Å². The minimum absolute atomic E-state index is 0.0272. The minimum atomic E-state index is -0.408. The molecule has 112 valence electrons. The molecule has 1 aliphatic rings. The van der Waals surface area contributed by atoms with Gasteiger partial charge in [0.2, 0.25) is 0 Å². The van der Waals surface area contributed by atoms with Crippen LogP contribution >= 0.6 is 0 Å². The van der Waals surface area contributed by atoms with Gasteiger partial charge in [0.15, 0.2) is 0 Å². The summed E-state index contributed by atoms with van der Waals surface area (Å²) in [7, 11) is 0. The van der Waals surface area contributed by atoms with Gasteiger partial charge in [-0.1, -0.05) is 39.5 Å². The number of rotatable bonds is 7. The maximum Gasteiger partial charge on any atom is 0.326 e. The van der Waals surface area contributed by atoms with E-state index in [1.165, 1.54) is 19.3 Å². The first-order valence-electron chi connectivity index (χ1n) is 8.10. The van der Waals surface area contributed by atoms with Crippen molar-refractivity contribution in [2.24, 2.45) is 5.92 Å². The van der Waals surface area contributed by atoms with E-state index in [0.29, 0.717) is 6.61 Å². The van der Waals surface area contributed by atoms with Crippen LogP contribution in [0.4, 0.5) is 0 Å². The summed E-state index contributed by atoms with van der Waals surface area (Å²) >= 11 is 0. The molecule has 0 aliphatic heterocycles.